The highest BCUT2D eigenvalue weighted by atomic mass is 32.2. The molecule has 0 bridgehead atoms. The van der Waals surface area contributed by atoms with Gasteiger partial charge in [-0.2, -0.15) is 0 Å². The van der Waals surface area contributed by atoms with Crippen molar-refractivity contribution in [3.63, 3.8) is 0 Å². The number of nitrogens with one attached hydrogen (secondary N) is 2. The van der Waals surface area contributed by atoms with Gasteiger partial charge in [0.15, 0.2) is 0 Å². The Bertz CT molecular complexity index is 751. The summed E-state index contributed by atoms with van der Waals surface area (Å²) in [6.45, 7) is 1.49. The van der Waals surface area contributed by atoms with Crippen LogP contribution in [0.2, 0.25) is 0 Å². The molecule has 1 saturated carbocycles. The minimum absolute atomic E-state index is 0.00952. The zero-order chi connectivity index (χ0) is 17.9. The second kappa shape index (κ2) is 7.55. The first-order chi connectivity index (χ1) is 12.0. The number of hydrogen-bond acceptors (Lipinski definition) is 5. The van der Waals surface area contributed by atoms with Crippen LogP contribution in [0.15, 0.2) is 30.3 Å². The minimum atomic E-state index is -3.15. The van der Waals surface area contributed by atoms with E-state index in [1.54, 1.807) is 11.6 Å². The van der Waals surface area contributed by atoms with Crippen LogP contribution in [0, 0.1) is 0 Å². The number of hydroxylamine groups is 1. The van der Waals surface area contributed by atoms with Gasteiger partial charge in [0.25, 0.3) is 5.91 Å². The molecule has 2 fully saturated rings. The number of sulfonamides is 1. The Balaban J connectivity index is 1.63. The van der Waals surface area contributed by atoms with Crippen molar-refractivity contribution in [3.8, 4) is 0 Å². The van der Waals surface area contributed by atoms with Crippen molar-refractivity contribution in [2.24, 2.45) is 0 Å². The van der Waals surface area contributed by atoms with Crippen LogP contribution in [0.25, 0.3) is 6.08 Å². The number of carbonyl (C=O) groups is 1. The molecule has 3 rings (SSSR count). The predicted octanol–water partition coefficient (Wildman–Crippen LogP) is 1.26. The largest absolute Gasteiger partial charge is 0.371 e. The molecule has 7 nitrogen and oxygen atoms in total. The molecule has 0 aromatic heterocycles. The van der Waals surface area contributed by atoms with Gasteiger partial charge in [0.2, 0.25) is 10.0 Å². The van der Waals surface area contributed by atoms with Crippen LogP contribution < -0.4 is 15.1 Å². The van der Waals surface area contributed by atoms with Crippen molar-refractivity contribution < 1.29 is 18.4 Å². The lowest BCUT2D eigenvalue weighted by molar-refractivity contribution is -0.124. The predicted molar refractivity (Wildman–Crippen MR) is 95.7 cm³/mol. The van der Waals surface area contributed by atoms with E-state index in [9.17, 15) is 13.2 Å². The number of piperidine rings is 1. The number of benzene rings is 1. The van der Waals surface area contributed by atoms with E-state index >= 15 is 0 Å². The van der Waals surface area contributed by atoms with Crippen molar-refractivity contribution in [1.82, 2.24) is 10.2 Å². The first kappa shape index (κ1) is 17.9. The standard InChI is InChI=1S/C17H23N3O4S/c21-17(18-22)8-5-13-3-1-2-4-16(13)20-11-9-14(10-12-20)19-25(23,24)15-6-7-15/h1-5,8,14-15,19,22H,6-7,9-12H2,(H,18,21)/b8-5+. The Labute approximate surface area is 147 Å². The first-order valence-corrected chi connectivity index (χ1v) is 10.0. The van der Waals surface area contributed by atoms with Crippen LogP contribution in [0.5, 0.6) is 0 Å². The second-order valence-electron chi connectivity index (χ2n) is 6.49. The quantitative estimate of drug-likeness (QED) is 0.400. The number of anilines is 1. The monoisotopic (exact) mass is 365 g/mol. The highest BCUT2D eigenvalue weighted by Crippen LogP contribution is 2.29. The van der Waals surface area contributed by atoms with Crippen molar-refractivity contribution >= 4 is 27.7 Å². The normalized spacial score (nSPS) is 19.3. The fourth-order valence-electron chi connectivity index (χ4n) is 3.06. The molecule has 25 heavy (non-hydrogen) atoms. The van der Waals surface area contributed by atoms with Crippen molar-refractivity contribution in [2.45, 2.75) is 37.0 Å². The Kier molecular flexibility index (Phi) is 5.41. The molecule has 8 heteroatoms. The summed E-state index contributed by atoms with van der Waals surface area (Å²) in [5.41, 5.74) is 3.44. The van der Waals surface area contributed by atoms with Crippen molar-refractivity contribution in [2.75, 3.05) is 18.0 Å². The van der Waals surface area contributed by atoms with Gasteiger partial charge in [0, 0.05) is 30.9 Å². The highest BCUT2D eigenvalue weighted by Gasteiger charge is 2.37. The van der Waals surface area contributed by atoms with E-state index < -0.39 is 15.9 Å². The molecule has 1 saturated heterocycles. The Hall–Kier alpha value is -1.90. The summed E-state index contributed by atoms with van der Waals surface area (Å²) in [5, 5.41) is 8.39. The Morgan fingerprint density at radius 1 is 1.16 bits per heavy atom. The number of amides is 1. The van der Waals surface area contributed by atoms with Gasteiger partial charge >= 0.3 is 0 Å². The molecule has 1 aliphatic carbocycles. The van der Waals surface area contributed by atoms with E-state index in [0.29, 0.717) is 0 Å². The van der Waals surface area contributed by atoms with Gasteiger partial charge in [-0.25, -0.2) is 18.6 Å². The van der Waals surface area contributed by atoms with Crippen LogP contribution in [-0.2, 0) is 14.8 Å². The number of hydrogen-bond donors (Lipinski definition) is 3. The second-order valence-corrected chi connectivity index (χ2v) is 8.48. The molecule has 0 atom stereocenters. The van der Waals surface area contributed by atoms with E-state index in [1.807, 2.05) is 24.3 Å². The lowest BCUT2D eigenvalue weighted by Gasteiger charge is -2.34. The summed E-state index contributed by atoms with van der Waals surface area (Å²) < 4.78 is 26.9. The summed E-state index contributed by atoms with van der Waals surface area (Å²) in [4.78, 5) is 13.4. The van der Waals surface area contributed by atoms with Crippen LogP contribution >= 0.6 is 0 Å². The third-order valence-corrected chi connectivity index (χ3v) is 6.60. The molecular formula is C17H23N3O4S. The number of nitrogens with zero attached hydrogens (tertiary/aromatic N) is 1. The molecular weight excluding hydrogens is 342 g/mol. The van der Waals surface area contributed by atoms with Crippen LogP contribution in [0.1, 0.15) is 31.2 Å². The molecule has 1 heterocycles. The fraction of sp³-hybridized carbons (Fsp3) is 0.471. The molecule has 3 N–H and O–H groups in total. The SMILES string of the molecule is O=C(/C=C/c1ccccc1N1CCC(NS(=O)(=O)C2CC2)CC1)NO. The Morgan fingerprint density at radius 2 is 1.84 bits per heavy atom. The maximum absolute atomic E-state index is 12.1. The molecule has 2 aliphatic rings. The average molecular weight is 365 g/mol. The van der Waals surface area contributed by atoms with Gasteiger partial charge in [-0.3, -0.25) is 10.0 Å². The number of carbonyl (C=O) groups excluding carboxylic acids is 1. The summed E-state index contributed by atoms with van der Waals surface area (Å²) in [7, 11) is -3.15. The maximum Gasteiger partial charge on any atom is 0.267 e. The zero-order valence-corrected chi connectivity index (χ0v) is 14.7. The summed E-state index contributed by atoms with van der Waals surface area (Å²) in [6, 6.07) is 7.69. The van der Waals surface area contributed by atoms with Crippen molar-refractivity contribution in [1.29, 1.82) is 0 Å². The van der Waals surface area contributed by atoms with E-state index in [2.05, 4.69) is 9.62 Å². The molecule has 136 valence electrons. The van der Waals surface area contributed by atoms with E-state index in [0.717, 1.165) is 50.0 Å². The highest BCUT2D eigenvalue weighted by molar-refractivity contribution is 7.90. The molecule has 1 aromatic rings. The smallest absolute Gasteiger partial charge is 0.267 e. The fourth-order valence-corrected chi connectivity index (χ4v) is 4.71. The molecule has 1 amide bonds. The molecule has 0 spiro atoms. The van der Waals surface area contributed by atoms with Gasteiger partial charge < -0.3 is 4.90 Å². The van der Waals surface area contributed by atoms with Gasteiger partial charge in [-0.05, 0) is 43.4 Å². The number of rotatable bonds is 6. The molecule has 1 aromatic carbocycles. The number of para-hydroxylation sites is 1. The van der Waals surface area contributed by atoms with Crippen LogP contribution in [-0.4, -0.2) is 43.9 Å². The van der Waals surface area contributed by atoms with Gasteiger partial charge in [-0.15, -0.1) is 0 Å². The topological polar surface area (TPSA) is 98.7 Å². The third-order valence-electron chi connectivity index (χ3n) is 4.59. The van der Waals surface area contributed by atoms with Crippen molar-refractivity contribution in [3.05, 3.63) is 35.9 Å². The minimum Gasteiger partial charge on any atom is -0.371 e. The summed E-state index contributed by atoms with van der Waals surface area (Å²) in [5.74, 6) is -0.581. The van der Waals surface area contributed by atoms with E-state index in [1.165, 1.54) is 6.08 Å². The van der Waals surface area contributed by atoms with Crippen LogP contribution in [0.3, 0.4) is 0 Å². The molecule has 0 unspecified atom stereocenters. The maximum atomic E-state index is 12.1. The van der Waals surface area contributed by atoms with E-state index in [4.69, 9.17) is 5.21 Å². The summed E-state index contributed by atoms with van der Waals surface area (Å²) >= 11 is 0. The lowest BCUT2D eigenvalue weighted by atomic mass is 10.0. The van der Waals surface area contributed by atoms with Gasteiger partial charge in [0.1, 0.15) is 0 Å². The third kappa shape index (κ3) is 4.59. The van der Waals surface area contributed by atoms with E-state index in [-0.39, 0.29) is 11.3 Å². The zero-order valence-electron chi connectivity index (χ0n) is 13.9. The molecule has 0 radical (unpaired) electrons. The van der Waals surface area contributed by atoms with Gasteiger partial charge in [0.05, 0.1) is 5.25 Å². The Morgan fingerprint density at radius 3 is 2.48 bits per heavy atom. The lowest BCUT2D eigenvalue weighted by Crippen LogP contribution is -2.45. The molecule has 1 aliphatic heterocycles. The summed E-state index contributed by atoms with van der Waals surface area (Å²) in [6.07, 6.45) is 5.98. The van der Waals surface area contributed by atoms with Gasteiger partial charge in [-0.1, -0.05) is 18.2 Å². The average Bonchev–Trinajstić information content (AvgIpc) is 3.46. The first-order valence-electron chi connectivity index (χ1n) is 8.47. The van der Waals surface area contributed by atoms with Crippen LogP contribution in [0.4, 0.5) is 5.69 Å².